The van der Waals surface area contributed by atoms with Crippen molar-refractivity contribution >= 4 is 17.6 Å². The Hall–Kier alpha value is -2.08. The Labute approximate surface area is 118 Å². The lowest BCUT2D eigenvalue weighted by atomic mass is 10.3. The van der Waals surface area contributed by atoms with Gasteiger partial charge in [0, 0.05) is 31.7 Å². The first-order valence-electron chi connectivity index (χ1n) is 6.71. The maximum absolute atomic E-state index is 12.2. The highest BCUT2D eigenvalue weighted by Crippen LogP contribution is 2.07. The molecule has 1 aliphatic heterocycles. The maximum atomic E-state index is 12.2. The van der Waals surface area contributed by atoms with Gasteiger partial charge >= 0.3 is 6.03 Å². The number of carbonyl (C=O) groups is 2. The fraction of sp³-hybridized carbons (Fsp3) is 0.429. The predicted octanol–water partition coefficient (Wildman–Crippen LogP) is 1.06. The van der Waals surface area contributed by atoms with Gasteiger partial charge in [0.15, 0.2) is 0 Å². The van der Waals surface area contributed by atoms with Crippen LogP contribution in [0.2, 0.25) is 0 Å². The topological polar surface area (TPSA) is 70.7 Å². The minimum absolute atomic E-state index is 0.0620. The van der Waals surface area contributed by atoms with Gasteiger partial charge in [-0.1, -0.05) is 18.2 Å². The van der Waals surface area contributed by atoms with E-state index < -0.39 is 0 Å². The number of para-hydroxylation sites is 1. The average molecular weight is 277 g/mol. The van der Waals surface area contributed by atoms with E-state index in [4.69, 9.17) is 4.74 Å². The van der Waals surface area contributed by atoms with Crippen LogP contribution in [0.15, 0.2) is 30.3 Å². The van der Waals surface area contributed by atoms with E-state index in [2.05, 4.69) is 10.6 Å². The fourth-order valence-electron chi connectivity index (χ4n) is 1.90. The molecule has 3 amide bonds. The third kappa shape index (κ3) is 4.55. The molecule has 0 radical (unpaired) electrons. The highest BCUT2D eigenvalue weighted by molar-refractivity contribution is 5.89. The van der Waals surface area contributed by atoms with Crippen molar-refractivity contribution < 1.29 is 14.3 Å². The van der Waals surface area contributed by atoms with Crippen LogP contribution in [-0.2, 0) is 9.53 Å². The summed E-state index contributed by atoms with van der Waals surface area (Å²) in [6.45, 7) is 2.33. The van der Waals surface area contributed by atoms with E-state index in [1.54, 1.807) is 4.90 Å². The smallest absolute Gasteiger partial charge is 0.321 e. The maximum Gasteiger partial charge on any atom is 0.321 e. The lowest BCUT2D eigenvalue weighted by Crippen LogP contribution is -2.41. The summed E-state index contributed by atoms with van der Waals surface area (Å²) in [5.74, 6) is -0.0620. The summed E-state index contributed by atoms with van der Waals surface area (Å²) < 4.78 is 5.35. The predicted molar refractivity (Wildman–Crippen MR) is 75.5 cm³/mol. The van der Waals surface area contributed by atoms with Gasteiger partial charge in [-0.3, -0.25) is 4.79 Å². The normalized spacial score (nSPS) is 17.2. The lowest BCUT2D eigenvalue weighted by molar-refractivity contribution is -0.121. The molecule has 0 saturated carbocycles. The van der Waals surface area contributed by atoms with Crippen LogP contribution in [0.25, 0.3) is 0 Å². The largest absolute Gasteiger partial charge is 0.378 e. The third-order valence-corrected chi connectivity index (χ3v) is 3.00. The van der Waals surface area contributed by atoms with Gasteiger partial charge in [0.1, 0.15) is 0 Å². The number of urea groups is 1. The number of anilines is 1. The Morgan fingerprint density at radius 2 is 2.00 bits per heavy atom. The van der Waals surface area contributed by atoms with Crippen LogP contribution in [0, 0.1) is 0 Å². The van der Waals surface area contributed by atoms with Crippen molar-refractivity contribution in [1.82, 2.24) is 10.2 Å². The van der Waals surface area contributed by atoms with Crippen LogP contribution >= 0.6 is 0 Å². The molecule has 0 unspecified atom stereocenters. The molecule has 0 bridgehead atoms. The molecule has 0 aromatic heterocycles. The molecule has 6 heteroatoms. The second-order valence-electron chi connectivity index (χ2n) is 4.50. The minimum Gasteiger partial charge on any atom is -0.378 e. The first-order chi connectivity index (χ1) is 9.75. The summed E-state index contributed by atoms with van der Waals surface area (Å²) in [4.78, 5) is 25.3. The molecule has 108 valence electrons. The van der Waals surface area contributed by atoms with Gasteiger partial charge in [0.2, 0.25) is 5.91 Å². The molecule has 0 aliphatic carbocycles. The zero-order valence-corrected chi connectivity index (χ0v) is 11.3. The molecule has 1 saturated heterocycles. The van der Waals surface area contributed by atoms with Crippen LogP contribution in [0.3, 0.4) is 0 Å². The third-order valence-electron chi connectivity index (χ3n) is 3.00. The van der Waals surface area contributed by atoms with Gasteiger partial charge in [0.05, 0.1) is 13.2 Å². The molecule has 1 aromatic rings. The molecule has 1 aromatic carbocycles. The van der Waals surface area contributed by atoms with Crippen LogP contribution in [-0.4, -0.2) is 49.7 Å². The quantitative estimate of drug-likeness (QED) is 0.806. The van der Waals surface area contributed by atoms with Gasteiger partial charge in [-0.25, -0.2) is 4.79 Å². The number of ether oxygens (including phenoxy) is 1. The van der Waals surface area contributed by atoms with Crippen molar-refractivity contribution in [2.24, 2.45) is 0 Å². The molecule has 0 atom stereocenters. The summed E-state index contributed by atoms with van der Waals surface area (Å²) in [5, 5.41) is 5.55. The van der Waals surface area contributed by atoms with E-state index in [0.29, 0.717) is 39.3 Å². The van der Waals surface area contributed by atoms with Crippen molar-refractivity contribution in [1.29, 1.82) is 0 Å². The van der Waals surface area contributed by atoms with E-state index in [1.807, 2.05) is 30.3 Å². The number of hydrogen-bond acceptors (Lipinski definition) is 3. The number of nitrogens with one attached hydrogen (secondary N) is 2. The zero-order valence-electron chi connectivity index (χ0n) is 11.3. The SMILES string of the molecule is O=C1CCN(C(=O)Nc2ccccc2)CCOCCN1. The van der Waals surface area contributed by atoms with Gasteiger partial charge in [-0.2, -0.15) is 0 Å². The Morgan fingerprint density at radius 1 is 1.20 bits per heavy atom. The fourth-order valence-corrected chi connectivity index (χ4v) is 1.90. The summed E-state index contributed by atoms with van der Waals surface area (Å²) in [6.07, 6.45) is 0.308. The lowest BCUT2D eigenvalue weighted by Gasteiger charge is -2.24. The first-order valence-corrected chi connectivity index (χ1v) is 6.71. The summed E-state index contributed by atoms with van der Waals surface area (Å²) in [7, 11) is 0. The van der Waals surface area contributed by atoms with E-state index in [0.717, 1.165) is 5.69 Å². The number of rotatable bonds is 1. The van der Waals surface area contributed by atoms with Gasteiger partial charge in [-0.05, 0) is 12.1 Å². The van der Waals surface area contributed by atoms with Crippen LogP contribution < -0.4 is 10.6 Å². The zero-order chi connectivity index (χ0) is 14.2. The van der Waals surface area contributed by atoms with Crippen molar-refractivity contribution in [3.63, 3.8) is 0 Å². The molecule has 2 N–H and O–H groups in total. The number of carbonyl (C=O) groups excluding carboxylic acids is 2. The molecule has 0 spiro atoms. The van der Waals surface area contributed by atoms with Gasteiger partial charge in [-0.15, -0.1) is 0 Å². The second kappa shape index (κ2) is 7.49. The Morgan fingerprint density at radius 3 is 2.80 bits per heavy atom. The first kappa shape index (κ1) is 14.3. The van der Waals surface area contributed by atoms with E-state index in [-0.39, 0.29) is 11.9 Å². The minimum atomic E-state index is -0.215. The van der Waals surface area contributed by atoms with Crippen molar-refractivity contribution in [3.05, 3.63) is 30.3 Å². The van der Waals surface area contributed by atoms with Crippen molar-refractivity contribution in [2.45, 2.75) is 6.42 Å². The molecule has 2 rings (SSSR count). The van der Waals surface area contributed by atoms with Gasteiger partial charge in [0.25, 0.3) is 0 Å². The second-order valence-corrected chi connectivity index (χ2v) is 4.50. The van der Waals surface area contributed by atoms with Crippen molar-refractivity contribution in [3.8, 4) is 0 Å². The van der Waals surface area contributed by atoms with Crippen LogP contribution in [0.1, 0.15) is 6.42 Å². The number of nitrogens with zero attached hydrogens (tertiary/aromatic N) is 1. The number of hydrogen-bond donors (Lipinski definition) is 2. The molecule has 1 aliphatic rings. The molecular weight excluding hydrogens is 258 g/mol. The molecule has 1 fully saturated rings. The van der Waals surface area contributed by atoms with Crippen LogP contribution in [0.4, 0.5) is 10.5 Å². The highest BCUT2D eigenvalue weighted by atomic mass is 16.5. The summed E-state index contributed by atoms with van der Waals surface area (Å²) in [5.41, 5.74) is 0.736. The average Bonchev–Trinajstić information content (AvgIpc) is 2.47. The van der Waals surface area contributed by atoms with E-state index in [9.17, 15) is 9.59 Å². The van der Waals surface area contributed by atoms with E-state index in [1.165, 1.54) is 0 Å². The highest BCUT2D eigenvalue weighted by Gasteiger charge is 2.16. The molecule has 6 nitrogen and oxygen atoms in total. The van der Waals surface area contributed by atoms with Gasteiger partial charge < -0.3 is 20.3 Å². The van der Waals surface area contributed by atoms with Crippen LogP contribution in [0.5, 0.6) is 0 Å². The Balaban J connectivity index is 1.93. The number of benzene rings is 1. The Kier molecular flexibility index (Phi) is 5.37. The summed E-state index contributed by atoms with van der Waals surface area (Å²) in [6, 6.07) is 9.03. The molecule has 1 heterocycles. The Bertz CT molecular complexity index is 450. The monoisotopic (exact) mass is 277 g/mol. The van der Waals surface area contributed by atoms with E-state index >= 15 is 0 Å². The van der Waals surface area contributed by atoms with Crippen molar-refractivity contribution in [2.75, 3.05) is 38.2 Å². The molecule has 20 heavy (non-hydrogen) atoms. The number of amides is 3. The molecular formula is C14H19N3O3. The standard InChI is InChI=1S/C14H19N3O3/c18-13-6-8-17(9-11-20-10-7-15-13)14(19)16-12-4-2-1-3-5-12/h1-5H,6-11H2,(H,15,18)(H,16,19). The summed E-state index contributed by atoms with van der Waals surface area (Å²) >= 11 is 0.